The number of carbonyl (C=O) groups excluding carboxylic acids is 1. The number of rotatable bonds is 3. The van der Waals surface area contributed by atoms with Gasteiger partial charge in [-0.15, -0.1) is 11.8 Å². The van der Waals surface area contributed by atoms with Crippen LogP contribution < -0.4 is 5.32 Å². The number of esters is 1. The summed E-state index contributed by atoms with van der Waals surface area (Å²) >= 11 is 12.9. The van der Waals surface area contributed by atoms with Crippen molar-refractivity contribution in [2.24, 2.45) is 0 Å². The molecule has 1 saturated heterocycles. The number of anilines is 1. The van der Waals surface area contributed by atoms with Gasteiger partial charge in [0.05, 0.1) is 22.7 Å². The van der Waals surface area contributed by atoms with E-state index in [0.29, 0.717) is 28.9 Å². The number of nitrogens with zero attached hydrogens (tertiary/aromatic N) is 2. The first-order valence-corrected chi connectivity index (χ1v) is 8.45. The van der Waals surface area contributed by atoms with Gasteiger partial charge in [-0.3, -0.25) is 14.9 Å². The van der Waals surface area contributed by atoms with Gasteiger partial charge in [0.15, 0.2) is 5.11 Å². The van der Waals surface area contributed by atoms with Gasteiger partial charge < -0.3 is 15.0 Å². The summed E-state index contributed by atoms with van der Waals surface area (Å²) in [6, 6.07) is 4.08. The minimum Gasteiger partial charge on any atom is -0.468 e. The zero-order valence-corrected chi connectivity index (χ0v) is 14.5. The van der Waals surface area contributed by atoms with E-state index in [1.165, 1.54) is 37.1 Å². The predicted octanol–water partition coefficient (Wildman–Crippen LogP) is 2.54. The molecule has 10 heteroatoms. The van der Waals surface area contributed by atoms with E-state index < -0.39 is 4.92 Å². The Bertz CT molecular complexity index is 644. The highest BCUT2D eigenvalue weighted by Gasteiger charge is 2.28. The molecule has 1 aliphatic heterocycles. The molecule has 0 aromatic heterocycles. The van der Waals surface area contributed by atoms with Crippen molar-refractivity contribution in [3.63, 3.8) is 0 Å². The molecule has 0 spiro atoms. The summed E-state index contributed by atoms with van der Waals surface area (Å²) < 4.78 is 4.75. The van der Waals surface area contributed by atoms with E-state index in [-0.39, 0.29) is 16.9 Å². The number of thioether (sulfide) groups is 1. The molecule has 1 fully saturated rings. The van der Waals surface area contributed by atoms with E-state index in [1.54, 1.807) is 0 Å². The van der Waals surface area contributed by atoms with Gasteiger partial charge in [-0.25, -0.2) is 0 Å². The number of thiocarbonyl (C=S) groups is 1. The van der Waals surface area contributed by atoms with Crippen molar-refractivity contribution < 1.29 is 14.5 Å². The van der Waals surface area contributed by atoms with Crippen LogP contribution in [-0.2, 0) is 9.53 Å². The van der Waals surface area contributed by atoms with Crippen molar-refractivity contribution in [3.05, 3.63) is 33.3 Å². The van der Waals surface area contributed by atoms with Crippen molar-refractivity contribution >= 4 is 58.0 Å². The third-order valence-electron chi connectivity index (χ3n) is 3.22. The second kappa shape index (κ2) is 7.80. The standard InChI is InChI=1S/C13H14ClN3O4S2/c1-21-12(18)11-7-16(4-5-23-11)13(22)15-10-6-8(17(19)20)2-3-9(10)14/h2-3,6,11H,4-5,7H2,1H3,(H,15,22)/t11-/m1/s1. The van der Waals surface area contributed by atoms with Crippen LogP contribution in [0.15, 0.2) is 18.2 Å². The van der Waals surface area contributed by atoms with Gasteiger partial charge in [0.1, 0.15) is 5.25 Å². The van der Waals surface area contributed by atoms with Gasteiger partial charge in [0.25, 0.3) is 5.69 Å². The molecule has 1 aliphatic rings. The summed E-state index contributed by atoms with van der Waals surface area (Å²) in [4.78, 5) is 23.8. The molecule has 124 valence electrons. The summed E-state index contributed by atoms with van der Waals surface area (Å²) in [6.45, 7) is 1.08. The Hall–Kier alpha value is -1.58. The van der Waals surface area contributed by atoms with E-state index in [0.717, 1.165) is 5.75 Å². The second-order valence-corrected chi connectivity index (χ2v) is 6.78. The normalized spacial score (nSPS) is 17.5. The lowest BCUT2D eigenvalue weighted by Gasteiger charge is -2.33. The van der Waals surface area contributed by atoms with E-state index in [9.17, 15) is 14.9 Å². The highest BCUT2D eigenvalue weighted by Crippen LogP contribution is 2.27. The average Bonchev–Trinajstić information content (AvgIpc) is 2.55. The van der Waals surface area contributed by atoms with Crippen LogP contribution in [0.4, 0.5) is 11.4 Å². The molecule has 0 radical (unpaired) electrons. The topological polar surface area (TPSA) is 84.7 Å². The largest absolute Gasteiger partial charge is 0.468 e. The van der Waals surface area contributed by atoms with E-state index >= 15 is 0 Å². The lowest BCUT2D eigenvalue weighted by molar-refractivity contribution is -0.384. The molecule has 1 N–H and O–H groups in total. The molecular weight excluding hydrogens is 362 g/mol. The SMILES string of the molecule is COC(=O)[C@H]1CN(C(=S)Nc2cc([N+](=O)[O-])ccc2Cl)CCS1. The Balaban J connectivity index is 2.08. The zero-order chi connectivity index (χ0) is 17.0. The molecular formula is C13H14ClN3O4S2. The monoisotopic (exact) mass is 375 g/mol. The van der Waals surface area contributed by atoms with Crippen LogP contribution in [0, 0.1) is 10.1 Å². The Labute approximate surface area is 147 Å². The molecule has 2 rings (SSSR count). The van der Waals surface area contributed by atoms with Crippen molar-refractivity contribution in [1.29, 1.82) is 0 Å². The van der Waals surface area contributed by atoms with Crippen molar-refractivity contribution in [1.82, 2.24) is 4.90 Å². The number of carbonyl (C=O) groups is 1. The summed E-state index contributed by atoms with van der Waals surface area (Å²) in [5.41, 5.74) is 0.278. The van der Waals surface area contributed by atoms with Crippen LogP contribution in [0.5, 0.6) is 0 Å². The molecule has 0 aliphatic carbocycles. The molecule has 23 heavy (non-hydrogen) atoms. The molecule has 0 amide bonds. The fourth-order valence-corrected chi connectivity index (χ4v) is 3.59. The van der Waals surface area contributed by atoms with Gasteiger partial charge in [-0.05, 0) is 18.3 Å². The van der Waals surface area contributed by atoms with E-state index in [4.69, 9.17) is 28.6 Å². The van der Waals surface area contributed by atoms with Crippen molar-refractivity contribution in [3.8, 4) is 0 Å². The van der Waals surface area contributed by atoms with Crippen LogP contribution in [0.1, 0.15) is 0 Å². The van der Waals surface area contributed by atoms with Crippen LogP contribution in [-0.4, -0.2) is 52.1 Å². The summed E-state index contributed by atoms with van der Waals surface area (Å²) in [7, 11) is 1.35. The lowest BCUT2D eigenvalue weighted by atomic mass is 10.3. The average molecular weight is 376 g/mol. The fourth-order valence-electron chi connectivity index (χ4n) is 2.02. The quantitative estimate of drug-likeness (QED) is 0.373. The first kappa shape index (κ1) is 17.8. The summed E-state index contributed by atoms with van der Waals surface area (Å²) in [5.74, 6) is 0.431. The number of nitro benzene ring substituents is 1. The minimum absolute atomic E-state index is 0.0821. The summed E-state index contributed by atoms with van der Waals surface area (Å²) in [5, 5.41) is 14.1. The smallest absolute Gasteiger partial charge is 0.320 e. The number of methoxy groups -OCH3 is 1. The Kier molecular flexibility index (Phi) is 6.03. The number of benzene rings is 1. The molecule has 1 aromatic carbocycles. The predicted molar refractivity (Wildman–Crippen MR) is 94.2 cm³/mol. The number of nitrogens with one attached hydrogen (secondary N) is 1. The molecule has 0 unspecified atom stereocenters. The zero-order valence-electron chi connectivity index (χ0n) is 12.2. The van der Waals surface area contributed by atoms with Crippen LogP contribution in [0.3, 0.4) is 0 Å². The fraction of sp³-hybridized carbons (Fsp3) is 0.385. The lowest BCUT2D eigenvalue weighted by Crippen LogP contribution is -2.46. The first-order chi connectivity index (χ1) is 10.9. The van der Waals surface area contributed by atoms with Crippen LogP contribution >= 0.6 is 35.6 Å². The van der Waals surface area contributed by atoms with Crippen molar-refractivity contribution in [2.45, 2.75) is 5.25 Å². The van der Waals surface area contributed by atoms with Crippen molar-refractivity contribution in [2.75, 3.05) is 31.3 Å². The third-order valence-corrected chi connectivity index (χ3v) is 5.07. The third kappa shape index (κ3) is 4.46. The molecule has 1 aromatic rings. The number of non-ortho nitro benzene ring substituents is 1. The van der Waals surface area contributed by atoms with Gasteiger partial charge in [0.2, 0.25) is 0 Å². The van der Waals surface area contributed by atoms with E-state index in [2.05, 4.69) is 5.32 Å². The number of hydrogen-bond donors (Lipinski definition) is 1. The molecule has 0 bridgehead atoms. The maximum absolute atomic E-state index is 11.6. The first-order valence-electron chi connectivity index (χ1n) is 6.61. The Morgan fingerprint density at radius 1 is 1.61 bits per heavy atom. The minimum atomic E-state index is -0.505. The number of ether oxygens (including phenoxy) is 1. The molecule has 1 heterocycles. The highest BCUT2D eigenvalue weighted by atomic mass is 35.5. The van der Waals surface area contributed by atoms with Gasteiger partial charge in [-0.2, -0.15) is 0 Å². The number of hydrogen-bond acceptors (Lipinski definition) is 6. The highest BCUT2D eigenvalue weighted by molar-refractivity contribution is 8.00. The molecule has 0 saturated carbocycles. The van der Waals surface area contributed by atoms with E-state index in [1.807, 2.05) is 4.90 Å². The maximum atomic E-state index is 11.6. The number of halogens is 1. The van der Waals surface area contributed by atoms with Gasteiger partial charge >= 0.3 is 5.97 Å². The summed E-state index contributed by atoms with van der Waals surface area (Å²) in [6.07, 6.45) is 0. The number of nitro groups is 1. The second-order valence-electron chi connectivity index (χ2n) is 4.68. The maximum Gasteiger partial charge on any atom is 0.320 e. The molecule has 1 atom stereocenters. The van der Waals surface area contributed by atoms with Crippen LogP contribution in [0.25, 0.3) is 0 Å². The van der Waals surface area contributed by atoms with Gasteiger partial charge in [0, 0.05) is 31.0 Å². The Morgan fingerprint density at radius 3 is 3.00 bits per heavy atom. The molecule has 7 nitrogen and oxygen atoms in total. The Morgan fingerprint density at radius 2 is 2.35 bits per heavy atom. The van der Waals surface area contributed by atoms with Gasteiger partial charge in [-0.1, -0.05) is 11.6 Å². The van der Waals surface area contributed by atoms with Crippen LogP contribution in [0.2, 0.25) is 5.02 Å².